The number of likely N-dealkylation sites (tertiary alicyclic amines) is 1. The molecule has 2 saturated heterocycles. The number of imide groups is 1. The number of carbonyl (C=O) groups is 4. The Kier molecular flexibility index (Phi) is 4.15. The molecule has 8 nitrogen and oxygen atoms in total. The Morgan fingerprint density at radius 3 is 2.76 bits per heavy atom. The van der Waals surface area contributed by atoms with Gasteiger partial charge in [-0.15, -0.1) is 0 Å². The second kappa shape index (κ2) is 5.71. The van der Waals surface area contributed by atoms with E-state index in [1.807, 2.05) is 0 Å². The van der Waals surface area contributed by atoms with E-state index in [1.165, 1.54) is 4.90 Å². The van der Waals surface area contributed by atoms with Gasteiger partial charge in [0, 0.05) is 19.5 Å². The molecule has 0 saturated carbocycles. The van der Waals surface area contributed by atoms with Gasteiger partial charge in [0.15, 0.2) is 0 Å². The largest absolute Gasteiger partial charge is 0.481 e. The van der Waals surface area contributed by atoms with Crippen LogP contribution in [0.4, 0.5) is 4.79 Å². The van der Waals surface area contributed by atoms with E-state index in [0.29, 0.717) is 19.4 Å². The average molecular weight is 297 g/mol. The summed E-state index contributed by atoms with van der Waals surface area (Å²) in [5.41, 5.74) is -0.958. The van der Waals surface area contributed by atoms with Crippen molar-refractivity contribution in [3.63, 3.8) is 0 Å². The first-order chi connectivity index (χ1) is 9.82. The number of rotatable bonds is 2. The van der Waals surface area contributed by atoms with Gasteiger partial charge in [-0.1, -0.05) is 0 Å². The molecule has 0 aliphatic carbocycles. The minimum absolute atomic E-state index is 0.113. The van der Waals surface area contributed by atoms with Crippen molar-refractivity contribution in [2.75, 3.05) is 13.1 Å². The lowest BCUT2D eigenvalue weighted by atomic mass is 9.82. The van der Waals surface area contributed by atoms with Crippen LogP contribution in [0.15, 0.2) is 0 Å². The van der Waals surface area contributed by atoms with Crippen LogP contribution in [0.3, 0.4) is 0 Å². The zero-order chi connectivity index (χ0) is 15.6. The fraction of sp³-hybridized carbons (Fsp3) is 0.692. The van der Waals surface area contributed by atoms with Crippen LogP contribution in [-0.2, 0) is 14.4 Å². The van der Waals surface area contributed by atoms with Crippen molar-refractivity contribution in [1.29, 1.82) is 0 Å². The third-order valence-electron chi connectivity index (χ3n) is 4.04. The number of carbonyl (C=O) groups excluding carboxylic acids is 3. The summed E-state index contributed by atoms with van der Waals surface area (Å²) in [4.78, 5) is 47.5. The predicted molar refractivity (Wildman–Crippen MR) is 71.3 cm³/mol. The monoisotopic (exact) mass is 297 g/mol. The Morgan fingerprint density at radius 2 is 2.14 bits per heavy atom. The van der Waals surface area contributed by atoms with Crippen molar-refractivity contribution in [1.82, 2.24) is 15.5 Å². The zero-order valence-electron chi connectivity index (χ0n) is 11.8. The number of carboxylic acid groups (broad SMARTS) is 1. The zero-order valence-corrected chi connectivity index (χ0v) is 11.8. The fourth-order valence-corrected chi connectivity index (χ4v) is 2.66. The molecule has 3 N–H and O–H groups in total. The smallest absolute Gasteiger partial charge is 0.318 e. The molecule has 2 unspecified atom stereocenters. The van der Waals surface area contributed by atoms with E-state index in [0.717, 1.165) is 0 Å². The Labute approximate surface area is 121 Å². The first-order valence-electron chi connectivity index (χ1n) is 6.94. The molecule has 2 atom stereocenters. The number of aliphatic carboxylic acids is 1. The van der Waals surface area contributed by atoms with Crippen LogP contribution in [0.2, 0.25) is 0 Å². The van der Waals surface area contributed by atoms with Crippen LogP contribution >= 0.6 is 0 Å². The molecule has 8 heteroatoms. The molecule has 0 aromatic rings. The minimum atomic E-state index is -0.958. The van der Waals surface area contributed by atoms with Crippen molar-refractivity contribution in [2.45, 2.75) is 38.6 Å². The molecule has 0 radical (unpaired) electrons. The third kappa shape index (κ3) is 3.32. The molecule has 21 heavy (non-hydrogen) atoms. The van der Waals surface area contributed by atoms with Gasteiger partial charge in [0.05, 0.1) is 5.41 Å². The first kappa shape index (κ1) is 15.3. The topological polar surface area (TPSA) is 116 Å². The van der Waals surface area contributed by atoms with Gasteiger partial charge in [0.1, 0.15) is 6.04 Å². The summed E-state index contributed by atoms with van der Waals surface area (Å²) >= 11 is 0. The van der Waals surface area contributed by atoms with E-state index in [2.05, 4.69) is 10.6 Å². The second-order valence-corrected chi connectivity index (χ2v) is 5.84. The molecule has 0 aromatic carbocycles. The Morgan fingerprint density at radius 1 is 1.43 bits per heavy atom. The van der Waals surface area contributed by atoms with E-state index in [-0.39, 0.29) is 25.3 Å². The van der Waals surface area contributed by atoms with Crippen LogP contribution in [0, 0.1) is 5.41 Å². The highest BCUT2D eigenvalue weighted by Crippen LogP contribution is 2.29. The predicted octanol–water partition coefficient (Wildman–Crippen LogP) is -0.312. The number of urea groups is 1. The number of nitrogens with zero attached hydrogens (tertiary/aromatic N) is 1. The fourth-order valence-electron chi connectivity index (χ4n) is 2.66. The summed E-state index contributed by atoms with van der Waals surface area (Å²) in [5.74, 6) is -1.79. The number of amides is 4. The maximum Gasteiger partial charge on any atom is 0.318 e. The van der Waals surface area contributed by atoms with Crippen molar-refractivity contribution >= 4 is 23.8 Å². The van der Waals surface area contributed by atoms with Crippen molar-refractivity contribution in [3.05, 3.63) is 0 Å². The maximum absolute atomic E-state index is 12.2. The molecule has 2 rings (SSSR count). The van der Waals surface area contributed by atoms with E-state index >= 15 is 0 Å². The van der Waals surface area contributed by atoms with E-state index in [1.54, 1.807) is 6.92 Å². The van der Waals surface area contributed by atoms with Gasteiger partial charge in [-0.25, -0.2) is 4.79 Å². The summed E-state index contributed by atoms with van der Waals surface area (Å²) in [5, 5.41) is 14.0. The maximum atomic E-state index is 12.2. The first-order valence-corrected chi connectivity index (χ1v) is 6.94. The molecule has 0 bridgehead atoms. The quantitative estimate of drug-likeness (QED) is 0.604. The Hall–Kier alpha value is -2.12. The lowest BCUT2D eigenvalue weighted by molar-refractivity contribution is -0.150. The summed E-state index contributed by atoms with van der Waals surface area (Å²) in [6.45, 7) is 2.18. The highest BCUT2D eigenvalue weighted by atomic mass is 16.4. The third-order valence-corrected chi connectivity index (χ3v) is 4.04. The van der Waals surface area contributed by atoms with Gasteiger partial charge in [-0.3, -0.25) is 19.7 Å². The lowest BCUT2D eigenvalue weighted by Crippen LogP contribution is -2.57. The van der Waals surface area contributed by atoms with Gasteiger partial charge in [-0.2, -0.15) is 0 Å². The van der Waals surface area contributed by atoms with Crippen molar-refractivity contribution in [2.24, 2.45) is 5.41 Å². The van der Waals surface area contributed by atoms with Gasteiger partial charge in [0.25, 0.3) is 0 Å². The van der Waals surface area contributed by atoms with Crippen LogP contribution in [0.1, 0.15) is 32.6 Å². The standard InChI is InChI=1S/C13H19N3O5/c1-13(11(19)20)5-2-6-16(7-13)12(21)14-8-3-4-9(17)15-10(8)18/h8H,2-7H2,1H3,(H,14,21)(H,19,20)(H,15,17,18). The number of hydrogen-bond acceptors (Lipinski definition) is 4. The average Bonchev–Trinajstić information content (AvgIpc) is 2.41. The SMILES string of the molecule is CC1(C(=O)O)CCCN(C(=O)NC2CCC(=O)NC2=O)C1. The van der Waals surface area contributed by atoms with E-state index in [4.69, 9.17) is 0 Å². The summed E-state index contributed by atoms with van der Waals surface area (Å²) < 4.78 is 0. The molecule has 0 spiro atoms. The normalized spacial score (nSPS) is 29.8. The van der Waals surface area contributed by atoms with Crippen LogP contribution in [0.5, 0.6) is 0 Å². The summed E-state index contributed by atoms with van der Waals surface area (Å²) in [6.07, 6.45) is 1.57. The molecular weight excluding hydrogens is 278 g/mol. The molecule has 4 amide bonds. The van der Waals surface area contributed by atoms with Crippen LogP contribution in [0.25, 0.3) is 0 Å². The van der Waals surface area contributed by atoms with Gasteiger partial charge in [-0.05, 0) is 26.2 Å². The van der Waals surface area contributed by atoms with Crippen molar-refractivity contribution < 1.29 is 24.3 Å². The van der Waals surface area contributed by atoms with E-state index in [9.17, 15) is 24.3 Å². The second-order valence-electron chi connectivity index (χ2n) is 5.84. The highest BCUT2D eigenvalue weighted by molar-refractivity contribution is 6.01. The molecule has 0 aromatic heterocycles. The Bertz CT molecular complexity index is 492. The Balaban J connectivity index is 1.95. The van der Waals surface area contributed by atoms with Gasteiger partial charge >= 0.3 is 12.0 Å². The highest BCUT2D eigenvalue weighted by Gasteiger charge is 2.40. The van der Waals surface area contributed by atoms with E-state index < -0.39 is 29.4 Å². The molecule has 2 aliphatic heterocycles. The number of hydrogen-bond donors (Lipinski definition) is 3. The van der Waals surface area contributed by atoms with Crippen LogP contribution in [-0.4, -0.2) is 53.0 Å². The number of nitrogens with one attached hydrogen (secondary N) is 2. The van der Waals surface area contributed by atoms with Gasteiger partial charge < -0.3 is 15.3 Å². The molecule has 2 heterocycles. The number of carboxylic acids is 1. The molecule has 2 fully saturated rings. The summed E-state index contributed by atoms with van der Waals surface area (Å²) in [7, 11) is 0. The van der Waals surface area contributed by atoms with Crippen LogP contribution < -0.4 is 10.6 Å². The molecule has 2 aliphatic rings. The van der Waals surface area contributed by atoms with Crippen molar-refractivity contribution in [3.8, 4) is 0 Å². The lowest BCUT2D eigenvalue weighted by Gasteiger charge is -2.38. The summed E-state index contributed by atoms with van der Waals surface area (Å²) in [6, 6.07) is -1.20. The molecule has 116 valence electrons. The number of piperidine rings is 2. The molecular formula is C13H19N3O5. The minimum Gasteiger partial charge on any atom is -0.481 e. The van der Waals surface area contributed by atoms with Gasteiger partial charge in [0.2, 0.25) is 11.8 Å².